The zero-order valence-corrected chi connectivity index (χ0v) is 10.6. The first kappa shape index (κ1) is 12.6. The Balaban J connectivity index is 2.65. The van der Waals surface area contributed by atoms with Crippen LogP contribution >= 0.6 is 15.9 Å². The van der Waals surface area contributed by atoms with Gasteiger partial charge in [-0.15, -0.1) is 5.11 Å². The topological polar surface area (TPSA) is 54.3 Å². The quantitative estimate of drug-likeness (QED) is 0.486. The Bertz CT molecular complexity index is 378. The highest BCUT2D eigenvalue weighted by molar-refractivity contribution is 9.08. The molecule has 1 aromatic carbocycles. The first-order valence-electron chi connectivity index (χ1n) is 4.55. The molecule has 16 heavy (non-hydrogen) atoms. The zero-order valence-electron chi connectivity index (χ0n) is 9.05. The van der Waals surface area contributed by atoms with Crippen LogP contribution < -0.4 is 0 Å². The lowest BCUT2D eigenvalue weighted by Gasteiger charge is -2.06. The van der Waals surface area contributed by atoms with Crippen molar-refractivity contribution in [3.8, 4) is 0 Å². The molecule has 1 aromatic rings. The number of carbonyl (C=O) groups is 1. The highest BCUT2D eigenvalue weighted by atomic mass is 79.9. The molecule has 0 N–H and O–H groups in total. The van der Waals surface area contributed by atoms with Crippen LogP contribution in [0.4, 0.5) is 10.5 Å². The lowest BCUT2D eigenvalue weighted by atomic mass is 10.2. The van der Waals surface area contributed by atoms with Crippen molar-refractivity contribution >= 4 is 27.7 Å². The molecule has 0 heterocycles. The van der Waals surface area contributed by atoms with Crippen LogP contribution in [0.15, 0.2) is 34.6 Å². The normalized spacial score (nSPS) is 10.4. The summed E-state index contributed by atoms with van der Waals surface area (Å²) in [4.78, 5) is 11.0. The predicted octanol–water partition coefficient (Wildman–Crippen LogP) is 3.28. The van der Waals surface area contributed by atoms with Crippen molar-refractivity contribution in [1.29, 1.82) is 0 Å². The van der Waals surface area contributed by atoms with Gasteiger partial charge >= 0.3 is 6.09 Å². The molecule has 0 spiro atoms. The summed E-state index contributed by atoms with van der Waals surface area (Å²) in [6.07, 6.45) is -0.555. The van der Waals surface area contributed by atoms with Crippen LogP contribution in [-0.2, 0) is 10.1 Å². The number of hydrogen-bond donors (Lipinski definition) is 0. The minimum absolute atomic E-state index is 0.555. The van der Waals surface area contributed by atoms with Crippen LogP contribution in [-0.4, -0.2) is 25.3 Å². The van der Waals surface area contributed by atoms with E-state index in [1.165, 1.54) is 14.2 Å². The minimum atomic E-state index is -0.555. The fraction of sp³-hybridized carbons (Fsp3) is 0.300. The number of rotatable bonds is 3. The van der Waals surface area contributed by atoms with Gasteiger partial charge in [0.05, 0.1) is 12.8 Å². The van der Waals surface area contributed by atoms with E-state index in [9.17, 15) is 4.79 Å². The van der Waals surface area contributed by atoms with E-state index < -0.39 is 6.09 Å². The molecule has 0 atom stereocenters. The number of methoxy groups -OCH3 is 1. The second-order valence-electron chi connectivity index (χ2n) is 2.98. The minimum Gasteiger partial charge on any atom is -0.451 e. The van der Waals surface area contributed by atoms with Gasteiger partial charge in [-0.05, 0) is 17.7 Å². The third-order valence-electron chi connectivity index (χ3n) is 1.82. The maximum Gasteiger partial charge on any atom is 0.431 e. The molecule has 0 bridgehead atoms. The van der Waals surface area contributed by atoms with Gasteiger partial charge in [0.2, 0.25) is 0 Å². The van der Waals surface area contributed by atoms with E-state index in [-0.39, 0.29) is 0 Å². The molecule has 0 saturated carbocycles. The monoisotopic (exact) mass is 285 g/mol. The second kappa shape index (κ2) is 6.22. The van der Waals surface area contributed by atoms with E-state index in [4.69, 9.17) is 0 Å². The Morgan fingerprint density at radius 2 is 2.06 bits per heavy atom. The van der Waals surface area contributed by atoms with Crippen molar-refractivity contribution in [2.24, 2.45) is 10.3 Å². The number of alkyl halides is 1. The fourth-order valence-electron chi connectivity index (χ4n) is 0.939. The summed E-state index contributed by atoms with van der Waals surface area (Å²) in [5.74, 6) is 0. The SMILES string of the molecule is COC(=O)N(C)N=Nc1ccc(CBr)cc1. The van der Waals surface area contributed by atoms with E-state index in [1.54, 1.807) is 0 Å². The molecule has 0 aliphatic carbocycles. The van der Waals surface area contributed by atoms with Crippen LogP contribution in [0.2, 0.25) is 0 Å². The molecule has 5 nitrogen and oxygen atoms in total. The van der Waals surface area contributed by atoms with E-state index in [0.717, 1.165) is 15.9 Å². The summed E-state index contributed by atoms with van der Waals surface area (Å²) in [6, 6.07) is 7.51. The Kier molecular flexibility index (Phi) is 4.91. The Morgan fingerprint density at radius 1 is 1.44 bits per heavy atom. The van der Waals surface area contributed by atoms with E-state index in [0.29, 0.717) is 5.69 Å². The average Bonchev–Trinajstić information content (AvgIpc) is 2.35. The van der Waals surface area contributed by atoms with Crippen LogP contribution in [0.3, 0.4) is 0 Å². The number of ether oxygens (including phenoxy) is 1. The van der Waals surface area contributed by atoms with Crippen molar-refractivity contribution in [1.82, 2.24) is 5.01 Å². The van der Waals surface area contributed by atoms with E-state index in [1.807, 2.05) is 24.3 Å². The van der Waals surface area contributed by atoms with Gasteiger partial charge in [-0.25, -0.2) is 4.79 Å². The second-order valence-corrected chi connectivity index (χ2v) is 3.54. The van der Waals surface area contributed by atoms with Crippen LogP contribution in [0.5, 0.6) is 0 Å². The van der Waals surface area contributed by atoms with Crippen molar-refractivity contribution in [3.05, 3.63) is 29.8 Å². The Labute approximate surface area is 102 Å². The molecular formula is C10H12BrN3O2. The van der Waals surface area contributed by atoms with E-state index in [2.05, 4.69) is 31.0 Å². The molecule has 1 amide bonds. The maximum absolute atomic E-state index is 11.0. The lowest BCUT2D eigenvalue weighted by Crippen LogP contribution is -2.19. The average molecular weight is 286 g/mol. The molecule has 0 aromatic heterocycles. The summed E-state index contributed by atoms with van der Waals surface area (Å²) in [7, 11) is 2.77. The smallest absolute Gasteiger partial charge is 0.431 e. The molecule has 0 radical (unpaired) electrons. The molecule has 0 aliphatic rings. The lowest BCUT2D eigenvalue weighted by molar-refractivity contribution is 0.132. The molecule has 86 valence electrons. The number of carbonyl (C=O) groups excluding carboxylic acids is 1. The molecule has 1 rings (SSSR count). The highest BCUT2D eigenvalue weighted by Crippen LogP contribution is 2.15. The standard InChI is InChI=1S/C10H12BrN3O2/c1-14(10(15)16-2)13-12-9-5-3-8(7-11)4-6-9/h3-6H,7H2,1-2H3. The van der Waals surface area contributed by atoms with Crippen LogP contribution in [0.1, 0.15) is 5.56 Å². The molecule has 0 saturated heterocycles. The van der Waals surface area contributed by atoms with Gasteiger partial charge in [0.1, 0.15) is 0 Å². The van der Waals surface area contributed by atoms with Gasteiger partial charge in [0.15, 0.2) is 0 Å². The summed E-state index contributed by atoms with van der Waals surface area (Å²) in [5, 5.41) is 9.40. The maximum atomic E-state index is 11.0. The van der Waals surface area contributed by atoms with Crippen molar-refractivity contribution < 1.29 is 9.53 Å². The molecule has 0 aliphatic heterocycles. The van der Waals surface area contributed by atoms with Crippen molar-refractivity contribution in [2.75, 3.05) is 14.2 Å². The third-order valence-corrected chi connectivity index (χ3v) is 2.47. The molecular weight excluding hydrogens is 274 g/mol. The van der Waals surface area contributed by atoms with Gasteiger partial charge in [0.25, 0.3) is 0 Å². The van der Waals surface area contributed by atoms with Gasteiger partial charge in [-0.2, -0.15) is 5.01 Å². The third kappa shape index (κ3) is 3.62. The number of halogens is 1. The summed E-state index contributed by atoms with van der Waals surface area (Å²) in [5.41, 5.74) is 1.83. The highest BCUT2D eigenvalue weighted by Gasteiger charge is 2.05. The number of benzene rings is 1. The Hall–Kier alpha value is -1.43. The Morgan fingerprint density at radius 3 is 2.56 bits per heavy atom. The van der Waals surface area contributed by atoms with Gasteiger partial charge < -0.3 is 4.74 Å². The summed E-state index contributed by atoms with van der Waals surface area (Å²) < 4.78 is 4.46. The molecule has 6 heteroatoms. The van der Waals surface area contributed by atoms with Gasteiger partial charge in [-0.3, -0.25) is 0 Å². The number of nitrogens with zero attached hydrogens (tertiary/aromatic N) is 3. The van der Waals surface area contributed by atoms with E-state index >= 15 is 0 Å². The van der Waals surface area contributed by atoms with Crippen molar-refractivity contribution in [2.45, 2.75) is 5.33 Å². The summed E-state index contributed by atoms with van der Waals surface area (Å²) >= 11 is 3.35. The van der Waals surface area contributed by atoms with Crippen LogP contribution in [0, 0.1) is 0 Å². The number of hydrogen-bond acceptors (Lipinski definition) is 4. The number of amides is 1. The van der Waals surface area contributed by atoms with Gasteiger partial charge in [-0.1, -0.05) is 33.3 Å². The van der Waals surface area contributed by atoms with Gasteiger partial charge in [0, 0.05) is 12.4 Å². The zero-order chi connectivity index (χ0) is 12.0. The van der Waals surface area contributed by atoms with Crippen molar-refractivity contribution in [3.63, 3.8) is 0 Å². The first-order valence-corrected chi connectivity index (χ1v) is 5.67. The fourth-order valence-corrected chi connectivity index (χ4v) is 1.31. The predicted molar refractivity (Wildman–Crippen MR) is 63.8 cm³/mol. The summed E-state index contributed by atoms with van der Waals surface area (Å²) in [6.45, 7) is 0. The van der Waals surface area contributed by atoms with Crippen LogP contribution in [0.25, 0.3) is 0 Å². The molecule has 0 fully saturated rings. The largest absolute Gasteiger partial charge is 0.451 e. The first-order chi connectivity index (χ1) is 7.67. The molecule has 0 unspecified atom stereocenters.